The zero-order valence-electron chi connectivity index (χ0n) is 21.6. The van der Waals surface area contributed by atoms with E-state index < -0.39 is 5.97 Å². The third kappa shape index (κ3) is 6.41. The standard InChI is InChI=1S/C33H30N2O4/c36-31(37)17-7-19-39-27-13-4-9-23(20-27)8-3-11-25-21-26(22-35-33(25)38)28-14-1-2-15-29(28)30-16-5-10-24-12-6-18-34-32(24)30/h1-2,4-6,9-10,12-16,18,20-22H,3,7-8,11,17,19H2,(H,35,38)(H,36,37). The summed E-state index contributed by atoms with van der Waals surface area (Å²) < 4.78 is 5.70. The molecule has 0 unspecified atom stereocenters. The molecule has 39 heavy (non-hydrogen) atoms. The van der Waals surface area contributed by atoms with Crippen molar-refractivity contribution in [2.24, 2.45) is 0 Å². The molecule has 0 spiro atoms. The van der Waals surface area contributed by atoms with Crippen molar-refractivity contribution in [1.29, 1.82) is 0 Å². The van der Waals surface area contributed by atoms with Crippen molar-refractivity contribution < 1.29 is 14.6 Å². The van der Waals surface area contributed by atoms with Crippen molar-refractivity contribution in [2.75, 3.05) is 6.61 Å². The Morgan fingerprint density at radius 2 is 1.64 bits per heavy atom. The summed E-state index contributed by atoms with van der Waals surface area (Å²) in [5, 5.41) is 9.85. The molecule has 3 aromatic carbocycles. The Morgan fingerprint density at radius 3 is 2.51 bits per heavy atom. The monoisotopic (exact) mass is 518 g/mol. The fourth-order valence-electron chi connectivity index (χ4n) is 4.85. The van der Waals surface area contributed by atoms with Crippen molar-refractivity contribution in [2.45, 2.75) is 32.1 Å². The van der Waals surface area contributed by atoms with Crippen molar-refractivity contribution in [3.8, 4) is 28.0 Å². The molecule has 6 heteroatoms. The van der Waals surface area contributed by atoms with Gasteiger partial charge in [0.1, 0.15) is 5.75 Å². The van der Waals surface area contributed by atoms with Crippen LogP contribution in [0.25, 0.3) is 33.2 Å². The van der Waals surface area contributed by atoms with Gasteiger partial charge < -0.3 is 14.8 Å². The number of para-hydroxylation sites is 1. The van der Waals surface area contributed by atoms with Crippen LogP contribution >= 0.6 is 0 Å². The molecule has 0 radical (unpaired) electrons. The molecule has 2 N–H and O–H groups in total. The van der Waals surface area contributed by atoms with Gasteiger partial charge >= 0.3 is 5.97 Å². The maximum atomic E-state index is 12.7. The lowest BCUT2D eigenvalue weighted by Gasteiger charge is -2.13. The average Bonchev–Trinajstić information content (AvgIpc) is 2.96. The summed E-state index contributed by atoms with van der Waals surface area (Å²) >= 11 is 0. The molecule has 0 saturated carbocycles. The number of ether oxygens (including phenoxy) is 1. The topological polar surface area (TPSA) is 92.3 Å². The van der Waals surface area contributed by atoms with Crippen LogP contribution in [0.1, 0.15) is 30.4 Å². The molecule has 2 aromatic heterocycles. The summed E-state index contributed by atoms with van der Waals surface area (Å²) in [5.74, 6) is -0.0854. The number of nitrogens with zero attached hydrogens (tertiary/aromatic N) is 1. The largest absolute Gasteiger partial charge is 0.494 e. The second-order valence-corrected chi connectivity index (χ2v) is 9.52. The van der Waals surface area contributed by atoms with Crippen molar-refractivity contribution in [1.82, 2.24) is 9.97 Å². The van der Waals surface area contributed by atoms with Crippen LogP contribution in [0.2, 0.25) is 0 Å². The van der Waals surface area contributed by atoms with Crippen molar-refractivity contribution in [3.63, 3.8) is 0 Å². The highest BCUT2D eigenvalue weighted by molar-refractivity contribution is 5.97. The summed E-state index contributed by atoms with van der Waals surface area (Å²) in [6.07, 6.45) is 6.42. The van der Waals surface area contributed by atoms with Gasteiger partial charge in [-0.2, -0.15) is 0 Å². The number of hydrogen-bond acceptors (Lipinski definition) is 4. The predicted octanol–water partition coefficient (Wildman–Crippen LogP) is 6.68. The van der Waals surface area contributed by atoms with Gasteiger partial charge in [0.2, 0.25) is 0 Å². The van der Waals surface area contributed by atoms with Crippen LogP contribution in [0.15, 0.2) is 102 Å². The number of benzene rings is 3. The van der Waals surface area contributed by atoms with Crippen LogP contribution in [-0.4, -0.2) is 27.7 Å². The van der Waals surface area contributed by atoms with E-state index in [1.165, 1.54) is 0 Å². The van der Waals surface area contributed by atoms with Crippen LogP contribution < -0.4 is 10.3 Å². The van der Waals surface area contributed by atoms with Gasteiger partial charge in [-0.1, -0.05) is 60.7 Å². The van der Waals surface area contributed by atoms with E-state index in [0.29, 0.717) is 19.4 Å². The summed E-state index contributed by atoms with van der Waals surface area (Å²) in [5.41, 5.74) is 6.88. The van der Waals surface area contributed by atoms with Crippen LogP contribution in [0, 0.1) is 0 Å². The minimum atomic E-state index is -0.819. The number of nitrogens with one attached hydrogen (secondary N) is 1. The van der Waals surface area contributed by atoms with Crippen LogP contribution in [-0.2, 0) is 17.6 Å². The highest BCUT2D eigenvalue weighted by Gasteiger charge is 2.12. The molecule has 0 aliphatic heterocycles. The Morgan fingerprint density at radius 1 is 0.846 bits per heavy atom. The lowest BCUT2D eigenvalue weighted by atomic mass is 9.93. The highest BCUT2D eigenvalue weighted by Crippen LogP contribution is 2.35. The van der Waals surface area contributed by atoms with E-state index in [9.17, 15) is 9.59 Å². The second-order valence-electron chi connectivity index (χ2n) is 9.52. The van der Waals surface area contributed by atoms with Gasteiger partial charge in [-0.15, -0.1) is 0 Å². The summed E-state index contributed by atoms with van der Waals surface area (Å²) in [6, 6.07) is 28.3. The molecule has 0 aliphatic rings. The number of aryl methyl sites for hydroxylation is 2. The van der Waals surface area contributed by atoms with Gasteiger partial charge in [0.25, 0.3) is 5.56 Å². The SMILES string of the molecule is O=C(O)CCCOc1cccc(CCCc2cc(-c3ccccc3-c3cccc4cccnc34)c[nH]c2=O)c1. The highest BCUT2D eigenvalue weighted by atomic mass is 16.5. The minimum absolute atomic E-state index is 0.0708. The van der Waals surface area contributed by atoms with Crippen LogP contribution in [0.5, 0.6) is 5.75 Å². The minimum Gasteiger partial charge on any atom is -0.494 e. The maximum absolute atomic E-state index is 12.7. The van der Waals surface area contributed by atoms with Crippen molar-refractivity contribution >= 4 is 16.9 Å². The quantitative estimate of drug-likeness (QED) is 0.190. The first-order valence-corrected chi connectivity index (χ1v) is 13.2. The first-order valence-electron chi connectivity index (χ1n) is 13.2. The molecule has 5 aromatic rings. The number of aromatic amines is 1. The summed E-state index contributed by atoms with van der Waals surface area (Å²) in [4.78, 5) is 30.9. The smallest absolute Gasteiger partial charge is 0.303 e. The molecule has 0 saturated heterocycles. The first kappa shape index (κ1) is 25.9. The number of H-pyrrole nitrogens is 1. The Labute approximate surface area is 227 Å². The zero-order chi connectivity index (χ0) is 27.0. The third-order valence-corrected chi connectivity index (χ3v) is 6.75. The number of hydrogen-bond donors (Lipinski definition) is 2. The van der Waals surface area contributed by atoms with E-state index in [-0.39, 0.29) is 12.0 Å². The summed E-state index contributed by atoms with van der Waals surface area (Å²) in [6.45, 7) is 0.369. The maximum Gasteiger partial charge on any atom is 0.303 e. The van der Waals surface area contributed by atoms with Gasteiger partial charge in [0.05, 0.1) is 12.1 Å². The van der Waals surface area contributed by atoms with Gasteiger partial charge in [0.15, 0.2) is 0 Å². The van der Waals surface area contributed by atoms with Gasteiger partial charge in [-0.05, 0) is 72.2 Å². The fourth-order valence-corrected chi connectivity index (χ4v) is 4.85. The molecular formula is C33H30N2O4. The molecule has 0 aliphatic carbocycles. The Bertz CT molecular complexity index is 1650. The van der Waals surface area contributed by atoms with Crippen LogP contribution in [0.4, 0.5) is 0 Å². The number of pyridine rings is 2. The zero-order valence-corrected chi connectivity index (χ0v) is 21.6. The molecule has 0 amide bonds. The van der Waals surface area contributed by atoms with E-state index in [2.05, 4.69) is 40.3 Å². The van der Waals surface area contributed by atoms with Crippen molar-refractivity contribution in [3.05, 3.63) is 119 Å². The number of carbonyl (C=O) groups is 1. The Balaban J connectivity index is 1.31. The number of fused-ring (bicyclic) bond motifs is 1. The lowest BCUT2D eigenvalue weighted by Crippen LogP contribution is -2.12. The normalized spacial score (nSPS) is 11.0. The fraction of sp³-hybridized carbons (Fsp3) is 0.182. The molecular weight excluding hydrogens is 488 g/mol. The van der Waals surface area contributed by atoms with E-state index in [1.54, 1.807) is 6.20 Å². The number of aromatic nitrogens is 2. The number of aliphatic carboxylic acids is 1. The van der Waals surface area contributed by atoms with E-state index in [1.807, 2.05) is 60.8 Å². The second kappa shape index (κ2) is 12.2. The van der Waals surface area contributed by atoms with Gasteiger partial charge in [-0.3, -0.25) is 14.6 Å². The predicted molar refractivity (Wildman–Crippen MR) is 154 cm³/mol. The van der Waals surface area contributed by atoms with Gasteiger partial charge in [-0.25, -0.2) is 0 Å². The average molecular weight is 519 g/mol. The number of carboxylic acids is 1. The van der Waals surface area contributed by atoms with E-state index in [0.717, 1.165) is 62.9 Å². The van der Waals surface area contributed by atoms with Crippen LogP contribution in [0.3, 0.4) is 0 Å². The molecule has 0 bridgehead atoms. The third-order valence-electron chi connectivity index (χ3n) is 6.75. The molecule has 2 heterocycles. The lowest BCUT2D eigenvalue weighted by molar-refractivity contribution is -0.137. The van der Waals surface area contributed by atoms with E-state index in [4.69, 9.17) is 9.84 Å². The summed E-state index contributed by atoms with van der Waals surface area (Å²) in [7, 11) is 0. The van der Waals surface area contributed by atoms with E-state index >= 15 is 0 Å². The number of carboxylic acid groups (broad SMARTS) is 1. The molecule has 5 rings (SSSR count). The van der Waals surface area contributed by atoms with Gasteiger partial charge in [0, 0.05) is 35.3 Å². The molecule has 6 nitrogen and oxygen atoms in total. The molecule has 196 valence electrons. The molecule has 0 fully saturated rings. The first-order chi connectivity index (χ1) is 19.1. The Hall–Kier alpha value is -4.71. The Kier molecular flexibility index (Phi) is 8.12. The molecule has 0 atom stereocenters. The number of rotatable bonds is 11.